The molecule has 0 unspecified atom stereocenters. The zero-order valence-corrected chi connectivity index (χ0v) is 15.2. The molecule has 0 aromatic heterocycles. The van der Waals surface area contributed by atoms with Gasteiger partial charge >= 0.3 is 0 Å². The first-order valence-corrected chi connectivity index (χ1v) is 11.4. The van der Waals surface area contributed by atoms with Gasteiger partial charge in [0.2, 0.25) is 0 Å². The molecular weight excluding hydrogens is 264 g/mol. The van der Waals surface area contributed by atoms with E-state index in [9.17, 15) is 5.11 Å². The Morgan fingerprint density at radius 3 is 2.35 bits per heavy atom. The molecule has 118 valence electrons. The van der Waals surface area contributed by atoms with Crippen molar-refractivity contribution in [2.24, 2.45) is 11.8 Å². The minimum Gasteiger partial charge on any atom is -0.411 e. The second kappa shape index (κ2) is 5.73. The molecule has 0 spiro atoms. The van der Waals surface area contributed by atoms with Crippen LogP contribution in [0, 0.1) is 11.8 Å². The van der Waals surface area contributed by atoms with Crippen molar-refractivity contribution >= 4 is 8.32 Å². The van der Waals surface area contributed by atoms with Crippen LogP contribution in [0.2, 0.25) is 18.1 Å². The first-order chi connectivity index (χ1) is 9.22. The van der Waals surface area contributed by atoms with Crippen molar-refractivity contribution in [3.63, 3.8) is 0 Å². The van der Waals surface area contributed by atoms with Gasteiger partial charge in [-0.25, -0.2) is 0 Å². The van der Waals surface area contributed by atoms with E-state index in [1.54, 1.807) is 0 Å². The van der Waals surface area contributed by atoms with E-state index in [2.05, 4.69) is 33.9 Å². The topological polar surface area (TPSA) is 29.5 Å². The minimum absolute atomic E-state index is 0.0902. The highest BCUT2D eigenvalue weighted by Gasteiger charge is 2.52. The van der Waals surface area contributed by atoms with Crippen LogP contribution < -0.4 is 0 Å². The van der Waals surface area contributed by atoms with Gasteiger partial charge in [0.25, 0.3) is 0 Å². The van der Waals surface area contributed by atoms with E-state index in [1.165, 1.54) is 44.9 Å². The summed E-state index contributed by atoms with van der Waals surface area (Å²) in [5, 5.41) is 10.0. The number of hydrogen-bond donors (Lipinski definition) is 1. The average Bonchev–Trinajstić information content (AvgIpc) is 2.35. The smallest absolute Gasteiger partial charge is 0.192 e. The Bertz CT molecular complexity index is 330. The third-order valence-electron chi connectivity index (χ3n) is 6.28. The molecule has 2 aliphatic rings. The second-order valence-corrected chi connectivity index (χ2v) is 13.3. The average molecular weight is 299 g/mol. The fourth-order valence-electron chi connectivity index (χ4n) is 4.13. The van der Waals surface area contributed by atoms with Gasteiger partial charge in [-0.15, -0.1) is 0 Å². The van der Waals surface area contributed by atoms with Crippen molar-refractivity contribution in [3.8, 4) is 0 Å². The number of aliphatic hydroxyl groups is 1. The molecule has 0 aromatic carbocycles. The quantitative estimate of drug-likeness (QED) is 0.763. The molecule has 1 N–H and O–H groups in total. The first-order valence-electron chi connectivity index (χ1n) is 8.53. The van der Waals surface area contributed by atoms with E-state index in [4.69, 9.17) is 4.43 Å². The Balaban J connectivity index is 2.24. The summed E-state index contributed by atoms with van der Waals surface area (Å²) in [7, 11) is -1.73. The summed E-state index contributed by atoms with van der Waals surface area (Å²) in [6.45, 7) is 12.1. The highest BCUT2D eigenvalue weighted by atomic mass is 28.4. The Morgan fingerprint density at radius 1 is 1.10 bits per heavy atom. The van der Waals surface area contributed by atoms with Gasteiger partial charge in [-0.3, -0.25) is 0 Å². The number of aliphatic hydroxyl groups excluding tert-OH is 1. The standard InChI is InChI=1S/C17H34O2Si/c1-16(2,3)20(4,5)19-17-11-7-6-10-15(17)14(13-18)9-8-12-17/h14-15,18H,6-13H2,1-5H3/t14-,15-,17-/m0/s1. The third-order valence-corrected chi connectivity index (χ3v) is 10.8. The van der Waals surface area contributed by atoms with Crippen LogP contribution in [-0.4, -0.2) is 25.6 Å². The molecule has 3 atom stereocenters. The maximum absolute atomic E-state index is 9.76. The van der Waals surface area contributed by atoms with Crippen LogP contribution >= 0.6 is 0 Å². The van der Waals surface area contributed by atoms with E-state index < -0.39 is 8.32 Å². The van der Waals surface area contributed by atoms with Gasteiger partial charge in [0.15, 0.2) is 8.32 Å². The molecule has 20 heavy (non-hydrogen) atoms. The Morgan fingerprint density at radius 2 is 1.75 bits per heavy atom. The second-order valence-electron chi connectivity index (χ2n) is 8.61. The molecule has 0 bridgehead atoms. The largest absolute Gasteiger partial charge is 0.411 e. The van der Waals surface area contributed by atoms with Crippen LogP contribution in [0.4, 0.5) is 0 Å². The summed E-state index contributed by atoms with van der Waals surface area (Å²) in [5.74, 6) is 1.08. The van der Waals surface area contributed by atoms with Gasteiger partial charge in [0.1, 0.15) is 0 Å². The fraction of sp³-hybridized carbons (Fsp3) is 1.00. The highest BCUT2D eigenvalue weighted by molar-refractivity contribution is 6.74. The van der Waals surface area contributed by atoms with Crippen molar-refractivity contribution in [2.75, 3.05) is 6.61 Å². The fourth-order valence-corrected chi connectivity index (χ4v) is 5.81. The van der Waals surface area contributed by atoms with Crippen molar-refractivity contribution in [1.82, 2.24) is 0 Å². The predicted octanol–water partition coefficient (Wildman–Crippen LogP) is 4.73. The van der Waals surface area contributed by atoms with E-state index in [0.29, 0.717) is 18.4 Å². The summed E-state index contributed by atoms with van der Waals surface area (Å²) in [4.78, 5) is 0. The zero-order valence-electron chi connectivity index (χ0n) is 14.2. The van der Waals surface area contributed by atoms with Gasteiger partial charge in [-0.2, -0.15) is 0 Å². The van der Waals surface area contributed by atoms with E-state index in [1.807, 2.05) is 0 Å². The van der Waals surface area contributed by atoms with Gasteiger partial charge in [0.05, 0.1) is 5.60 Å². The Labute approximate surface area is 126 Å². The van der Waals surface area contributed by atoms with Gasteiger partial charge in [-0.05, 0) is 55.7 Å². The van der Waals surface area contributed by atoms with Gasteiger partial charge in [-0.1, -0.05) is 40.0 Å². The van der Waals surface area contributed by atoms with Crippen molar-refractivity contribution in [2.45, 2.75) is 89.5 Å². The van der Waals surface area contributed by atoms with Crippen LogP contribution in [0.1, 0.15) is 65.7 Å². The Kier molecular flexibility index (Phi) is 4.73. The maximum atomic E-state index is 9.76. The lowest BCUT2D eigenvalue weighted by atomic mass is 9.63. The molecule has 0 amide bonds. The molecule has 0 heterocycles. The van der Waals surface area contributed by atoms with E-state index in [0.717, 1.165) is 0 Å². The lowest BCUT2D eigenvalue weighted by Crippen LogP contribution is -2.57. The normalized spacial score (nSPS) is 35.7. The van der Waals surface area contributed by atoms with Crippen LogP contribution in [0.5, 0.6) is 0 Å². The summed E-state index contributed by atoms with van der Waals surface area (Å²) >= 11 is 0. The number of hydrogen-bond acceptors (Lipinski definition) is 2. The van der Waals surface area contributed by atoms with Crippen molar-refractivity contribution in [1.29, 1.82) is 0 Å². The minimum atomic E-state index is -1.73. The monoisotopic (exact) mass is 298 g/mol. The molecule has 0 aliphatic heterocycles. The molecule has 2 saturated carbocycles. The predicted molar refractivity (Wildman–Crippen MR) is 87.4 cm³/mol. The third kappa shape index (κ3) is 3.00. The molecule has 2 rings (SSSR count). The van der Waals surface area contributed by atoms with Gasteiger partial charge in [0, 0.05) is 6.61 Å². The molecule has 2 fully saturated rings. The van der Waals surface area contributed by atoms with Crippen LogP contribution in [-0.2, 0) is 4.43 Å². The SMILES string of the molecule is CC(C)(C)[Si](C)(C)O[C@]12CCCC[C@H]1[C@H](CO)CCC2. The molecule has 2 aliphatic carbocycles. The molecule has 0 saturated heterocycles. The summed E-state index contributed by atoms with van der Waals surface area (Å²) in [6, 6.07) is 0. The molecular formula is C17H34O2Si. The summed E-state index contributed by atoms with van der Waals surface area (Å²) in [5.41, 5.74) is 0.0902. The van der Waals surface area contributed by atoms with Gasteiger partial charge < -0.3 is 9.53 Å². The highest BCUT2D eigenvalue weighted by Crippen LogP contribution is 2.52. The molecule has 2 nitrogen and oxygen atoms in total. The lowest BCUT2D eigenvalue weighted by molar-refractivity contribution is -0.0970. The van der Waals surface area contributed by atoms with Crippen LogP contribution in [0.25, 0.3) is 0 Å². The number of fused-ring (bicyclic) bond motifs is 1. The van der Waals surface area contributed by atoms with Crippen molar-refractivity contribution in [3.05, 3.63) is 0 Å². The van der Waals surface area contributed by atoms with E-state index in [-0.39, 0.29) is 10.6 Å². The number of rotatable bonds is 3. The molecule has 3 heteroatoms. The van der Waals surface area contributed by atoms with Crippen molar-refractivity contribution < 1.29 is 9.53 Å². The van der Waals surface area contributed by atoms with E-state index >= 15 is 0 Å². The Hall–Kier alpha value is 0.137. The summed E-state index contributed by atoms with van der Waals surface area (Å²) < 4.78 is 6.99. The summed E-state index contributed by atoms with van der Waals surface area (Å²) in [6.07, 6.45) is 8.77. The van der Waals surface area contributed by atoms with Crippen LogP contribution in [0.3, 0.4) is 0 Å². The first kappa shape index (κ1) is 16.5. The van der Waals surface area contributed by atoms with Crippen LogP contribution in [0.15, 0.2) is 0 Å². The zero-order chi connectivity index (χ0) is 15.0. The molecule has 0 aromatic rings. The maximum Gasteiger partial charge on any atom is 0.192 e. The molecule has 0 radical (unpaired) electrons. The lowest BCUT2D eigenvalue weighted by Gasteiger charge is -2.55.